The summed E-state index contributed by atoms with van der Waals surface area (Å²) >= 11 is 0. The molecule has 1 aromatic rings. The number of hydrogen-bond donors (Lipinski definition) is 1. The van der Waals surface area contributed by atoms with Gasteiger partial charge < -0.3 is 15.5 Å². The summed E-state index contributed by atoms with van der Waals surface area (Å²) in [6.45, 7) is 1.60. The van der Waals surface area contributed by atoms with E-state index in [1.807, 2.05) is 30.9 Å². The van der Waals surface area contributed by atoms with Gasteiger partial charge in [0.15, 0.2) is 9.84 Å². The second kappa shape index (κ2) is 5.58. The molecule has 0 amide bonds. The molecule has 1 rings (SSSR count). The standard InChI is InChI=1S/C12H21N3O2S/c1-14(2)7-8-15(3)11-6-5-10(13)9-12(11)18(4,16)17/h5-6,9H,7-8,13H2,1-4H3. The van der Waals surface area contributed by atoms with Gasteiger partial charge in [-0.05, 0) is 32.3 Å². The topological polar surface area (TPSA) is 66.6 Å². The molecule has 5 nitrogen and oxygen atoms in total. The first-order chi connectivity index (χ1) is 8.21. The number of nitrogens with two attached hydrogens (primary N) is 1. The zero-order valence-electron chi connectivity index (χ0n) is 11.3. The van der Waals surface area contributed by atoms with Crippen LogP contribution in [0.5, 0.6) is 0 Å². The Kier molecular flexibility index (Phi) is 4.59. The molecule has 0 spiro atoms. The predicted octanol–water partition coefficient (Wildman–Crippen LogP) is 0.670. The molecule has 1 aromatic carbocycles. The van der Waals surface area contributed by atoms with Crippen LogP contribution in [-0.4, -0.2) is 53.8 Å². The maximum Gasteiger partial charge on any atom is 0.177 e. The van der Waals surface area contributed by atoms with Crippen LogP contribution in [0.15, 0.2) is 23.1 Å². The fourth-order valence-corrected chi connectivity index (χ4v) is 2.57. The first-order valence-corrected chi connectivity index (χ1v) is 7.56. The van der Waals surface area contributed by atoms with E-state index in [1.165, 1.54) is 12.3 Å². The molecule has 18 heavy (non-hydrogen) atoms. The number of anilines is 2. The minimum Gasteiger partial charge on any atom is -0.399 e. The number of nitrogen functional groups attached to an aromatic ring is 1. The lowest BCUT2D eigenvalue weighted by molar-refractivity contribution is 0.416. The summed E-state index contributed by atoms with van der Waals surface area (Å²) in [5.41, 5.74) is 6.80. The van der Waals surface area contributed by atoms with Crippen molar-refractivity contribution < 1.29 is 8.42 Å². The lowest BCUT2D eigenvalue weighted by Gasteiger charge is -2.23. The third-order valence-electron chi connectivity index (χ3n) is 2.68. The van der Waals surface area contributed by atoms with E-state index in [0.29, 0.717) is 11.4 Å². The van der Waals surface area contributed by atoms with Crippen molar-refractivity contribution in [3.05, 3.63) is 18.2 Å². The normalized spacial score (nSPS) is 11.8. The zero-order chi connectivity index (χ0) is 13.9. The van der Waals surface area contributed by atoms with Crippen LogP contribution in [0.2, 0.25) is 0 Å². The van der Waals surface area contributed by atoms with Crippen molar-refractivity contribution in [2.45, 2.75) is 4.90 Å². The van der Waals surface area contributed by atoms with E-state index in [0.717, 1.165) is 13.1 Å². The van der Waals surface area contributed by atoms with Crippen molar-refractivity contribution in [3.8, 4) is 0 Å². The monoisotopic (exact) mass is 271 g/mol. The first-order valence-electron chi connectivity index (χ1n) is 5.67. The van der Waals surface area contributed by atoms with Crippen LogP contribution in [0.1, 0.15) is 0 Å². The Hall–Kier alpha value is -1.27. The quantitative estimate of drug-likeness (QED) is 0.797. The molecule has 0 saturated heterocycles. The third-order valence-corrected chi connectivity index (χ3v) is 3.80. The van der Waals surface area contributed by atoms with Gasteiger partial charge in [0, 0.05) is 32.1 Å². The van der Waals surface area contributed by atoms with E-state index in [9.17, 15) is 8.42 Å². The Bertz CT molecular complexity index is 512. The summed E-state index contributed by atoms with van der Waals surface area (Å²) in [6.07, 6.45) is 1.20. The first kappa shape index (κ1) is 14.8. The van der Waals surface area contributed by atoms with Crippen LogP contribution < -0.4 is 10.6 Å². The van der Waals surface area contributed by atoms with E-state index in [4.69, 9.17) is 5.73 Å². The summed E-state index contributed by atoms with van der Waals surface area (Å²) in [5, 5.41) is 0. The average molecular weight is 271 g/mol. The molecule has 0 aromatic heterocycles. The molecular formula is C12H21N3O2S. The highest BCUT2D eigenvalue weighted by atomic mass is 32.2. The fourth-order valence-electron chi connectivity index (χ4n) is 1.61. The number of nitrogens with zero attached hydrogens (tertiary/aromatic N) is 2. The van der Waals surface area contributed by atoms with Gasteiger partial charge in [-0.3, -0.25) is 0 Å². The molecule has 0 unspecified atom stereocenters. The maximum absolute atomic E-state index is 11.8. The van der Waals surface area contributed by atoms with Crippen LogP contribution >= 0.6 is 0 Å². The molecule has 0 aliphatic rings. The molecule has 102 valence electrons. The SMILES string of the molecule is CN(C)CCN(C)c1ccc(N)cc1S(C)(=O)=O. The van der Waals surface area contributed by atoms with Crippen molar-refractivity contribution >= 4 is 21.2 Å². The number of benzene rings is 1. The fraction of sp³-hybridized carbons (Fsp3) is 0.500. The van der Waals surface area contributed by atoms with Gasteiger partial charge in [-0.1, -0.05) is 0 Å². The third kappa shape index (κ3) is 3.89. The highest BCUT2D eigenvalue weighted by Crippen LogP contribution is 2.26. The summed E-state index contributed by atoms with van der Waals surface area (Å²) in [5.74, 6) is 0. The second-order valence-electron chi connectivity index (χ2n) is 4.72. The largest absolute Gasteiger partial charge is 0.399 e. The lowest BCUT2D eigenvalue weighted by Crippen LogP contribution is -2.29. The maximum atomic E-state index is 11.8. The van der Waals surface area contributed by atoms with Gasteiger partial charge in [-0.25, -0.2) is 8.42 Å². The number of sulfone groups is 1. The van der Waals surface area contributed by atoms with Gasteiger partial charge in [0.25, 0.3) is 0 Å². The number of rotatable bonds is 5. The average Bonchev–Trinajstić information content (AvgIpc) is 2.24. The summed E-state index contributed by atoms with van der Waals surface area (Å²) < 4.78 is 23.5. The molecule has 0 saturated carbocycles. The van der Waals surface area contributed by atoms with E-state index in [2.05, 4.69) is 0 Å². The highest BCUT2D eigenvalue weighted by Gasteiger charge is 2.16. The summed E-state index contributed by atoms with van der Waals surface area (Å²) in [6, 6.07) is 4.98. The molecule has 2 N–H and O–H groups in total. The van der Waals surface area contributed by atoms with Gasteiger partial charge in [0.05, 0.1) is 10.6 Å². The molecule has 0 heterocycles. The zero-order valence-corrected chi connectivity index (χ0v) is 12.2. The van der Waals surface area contributed by atoms with Crippen molar-refractivity contribution in [3.63, 3.8) is 0 Å². The Labute approximate surface area is 109 Å². The van der Waals surface area contributed by atoms with Crippen LogP contribution in [-0.2, 0) is 9.84 Å². The van der Waals surface area contributed by atoms with Gasteiger partial charge in [-0.15, -0.1) is 0 Å². The molecule has 0 bridgehead atoms. The highest BCUT2D eigenvalue weighted by molar-refractivity contribution is 7.90. The molecule has 0 atom stereocenters. The van der Waals surface area contributed by atoms with Crippen LogP contribution in [0.4, 0.5) is 11.4 Å². The van der Waals surface area contributed by atoms with Gasteiger partial charge in [0.1, 0.15) is 0 Å². The van der Waals surface area contributed by atoms with Crippen LogP contribution in [0, 0.1) is 0 Å². The molecule has 6 heteroatoms. The van der Waals surface area contributed by atoms with Gasteiger partial charge in [-0.2, -0.15) is 0 Å². The smallest absolute Gasteiger partial charge is 0.177 e. The van der Waals surface area contributed by atoms with E-state index < -0.39 is 9.84 Å². The van der Waals surface area contributed by atoms with E-state index in [-0.39, 0.29) is 4.90 Å². The van der Waals surface area contributed by atoms with Gasteiger partial charge >= 0.3 is 0 Å². The molecule has 0 aliphatic heterocycles. The Balaban J connectivity index is 3.08. The molecular weight excluding hydrogens is 250 g/mol. The van der Waals surface area contributed by atoms with Crippen molar-refractivity contribution in [1.29, 1.82) is 0 Å². The van der Waals surface area contributed by atoms with E-state index >= 15 is 0 Å². The minimum absolute atomic E-state index is 0.281. The Morgan fingerprint density at radius 3 is 2.28 bits per heavy atom. The second-order valence-corrected chi connectivity index (χ2v) is 6.71. The minimum atomic E-state index is -3.27. The predicted molar refractivity (Wildman–Crippen MR) is 75.8 cm³/mol. The number of likely N-dealkylation sites (N-methyl/N-ethyl adjacent to an activating group) is 2. The van der Waals surface area contributed by atoms with Crippen molar-refractivity contribution in [2.24, 2.45) is 0 Å². The van der Waals surface area contributed by atoms with Crippen molar-refractivity contribution in [2.75, 3.05) is 51.1 Å². The van der Waals surface area contributed by atoms with Crippen molar-refractivity contribution in [1.82, 2.24) is 4.90 Å². The molecule has 0 radical (unpaired) electrons. The lowest BCUT2D eigenvalue weighted by atomic mass is 10.2. The summed E-state index contributed by atoms with van der Waals surface area (Å²) in [7, 11) is 2.56. The number of hydrogen-bond acceptors (Lipinski definition) is 5. The molecule has 0 fully saturated rings. The van der Waals surface area contributed by atoms with Crippen LogP contribution in [0.25, 0.3) is 0 Å². The Morgan fingerprint density at radius 2 is 1.78 bits per heavy atom. The molecule has 0 aliphatic carbocycles. The van der Waals surface area contributed by atoms with Crippen LogP contribution in [0.3, 0.4) is 0 Å². The van der Waals surface area contributed by atoms with Gasteiger partial charge in [0.2, 0.25) is 0 Å². The summed E-state index contributed by atoms with van der Waals surface area (Å²) in [4.78, 5) is 4.26. The van der Waals surface area contributed by atoms with E-state index in [1.54, 1.807) is 12.1 Å². The Morgan fingerprint density at radius 1 is 1.17 bits per heavy atom.